The summed E-state index contributed by atoms with van der Waals surface area (Å²) in [7, 11) is 0. The largest absolute Gasteiger partial charge is 0.464 e. The zero-order valence-corrected chi connectivity index (χ0v) is 11.3. The van der Waals surface area contributed by atoms with Crippen LogP contribution in [0.1, 0.15) is 34.9 Å². The van der Waals surface area contributed by atoms with Crippen molar-refractivity contribution in [2.24, 2.45) is 0 Å². The molecule has 1 saturated carbocycles. The minimum atomic E-state index is -0.263. The molecule has 104 valence electrons. The fourth-order valence-electron chi connectivity index (χ4n) is 2.22. The zero-order chi connectivity index (χ0) is 14.1. The molecule has 20 heavy (non-hydrogen) atoms. The van der Waals surface area contributed by atoms with Crippen LogP contribution in [-0.4, -0.2) is 21.8 Å². The Morgan fingerprint density at radius 2 is 2.15 bits per heavy atom. The van der Waals surface area contributed by atoms with E-state index in [9.17, 15) is 9.59 Å². The van der Waals surface area contributed by atoms with Crippen LogP contribution in [0.5, 0.6) is 0 Å². The summed E-state index contributed by atoms with van der Waals surface area (Å²) in [5.41, 5.74) is 0.0631. The molecule has 5 heteroatoms. The molecule has 0 spiro atoms. The van der Waals surface area contributed by atoms with Gasteiger partial charge in [0.1, 0.15) is 17.2 Å². The van der Waals surface area contributed by atoms with E-state index in [0.29, 0.717) is 12.2 Å². The highest BCUT2D eigenvalue weighted by molar-refractivity contribution is 5.92. The average Bonchev–Trinajstić information content (AvgIpc) is 3.19. The predicted octanol–water partition coefficient (Wildman–Crippen LogP) is 2.08. The normalized spacial score (nSPS) is 14.2. The van der Waals surface area contributed by atoms with Crippen molar-refractivity contribution < 1.29 is 9.21 Å². The van der Waals surface area contributed by atoms with E-state index in [1.807, 2.05) is 19.1 Å². The van der Waals surface area contributed by atoms with Crippen LogP contribution in [0.15, 0.2) is 39.5 Å². The molecule has 5 nitrogen and oxygen atoms in total. The van der Waals surface area contributed by atoms with E-state index in [4.69, 9.17) is 4.42 Å². The molecule has 0 atom stereocenters. The summed E-state index contributed by atoms with van der Waals surface area (Å²) in [5, 5.41) is 0. The lowest BCUT2D eigenvalue weighted by Crippen LogP contribution is -2.33. The number of amides is 1. The summed E-state index contributed by atoms with van der Waals surface area (Å²) >= 11 is 0. The monoisotopic (exact) mass is 272 g/mol. The van der Waals surface area contributed by atoms with E-state index in [1.165, 1.54) is 6.07 Å². The number of nitrogens with zero attached hydrogens (tertiary/aromatic N) is 1. The number of pyridine rings is 1. The second kappa shape index (κ2) is 5.00. The van der Waals surface area contributed by atoms with Crippen molar-refractivity contribution in [3.8, 4) is 0 Å². The number of nitrogens with one attached hydrogen (secondary N) is 1. The lowest BCUT2D eigenvalue weighted by molar-refractivity contribution is 0.0710. The molecule has 0 unspecified atom stereocenters. The average molecular weight is 272 g/mol. The van der Waals surface area contributed by atoms with Crippen molar-refractivity contribution in [1.82, 2.24) is 9.88 Å². The molecule has 2 heterocycles. The van der Waals surface area contributed by atoms with Crippen molar-refractivity contribution in [3.05, 3.63) is 57.9 Å². The maximum Gasteiger partial charge on any atom is 0.271 e. The smallest absolute Gasteiger partial charge is 0.271 e. The lowest BCUT2D eigenvalue weighted by atomic mass is 10.3. The molecule has 3 rings (SSSR count). The third kappa shape index (κ3) is 2.66. The van der Waals surface area contributed by atoms with Crippen molar-refractivity contribution in [2.45, 2.75) is 32.4 Å². The van der Waals surface area contributed by atoms with Gasteiger partial charge in [-0.1, -0.05) is 6.07 Å². The fraction of sp³-hybridized carbons (Fsp3) is 0.333. The first kappa shape index (κ1) is 12.7. The third-order valence-electron chi connectivity index (χ3n) is 3.37. The SMILES string of the molecule is Cc1ccc(CN(C(=O)c2cccc(=O)[nH]2)C2CC2)o1. The highest BCUT2D eigenvalue weighted by Crippen LogP contribution is 2.29. The van der Waals surface area contributed by atoms with Gasteiger partial charge in [-0.2, -0.15) is 0 Å². The van der Waals surface area contributed by atoms with E-state index in [-0.39, 0.29) is 17.5 Å². The van der Waals surface area contributed by atoms with Gasteiger partial charge in [0.25, 0.3) is 5.91 Å². The minimum absolute atomic E-state index is 0.153. The molecule has 0 saturated heterocycles. The molecule has 1 aliphatic carbocycles. The van der Waals surface area contributed by atoms with Crippen LogP contribution >= 0.6 is 0 Å². The number of carbonyl (C=O) groups is 1. The second-order valence-electron chi connectivity index (χ2n) is 5.11. The Bertz CT molecular complexity index is 682. The number of hydrogen-bond acceptors (Lipinski definition) is 3. The fourth-order valence-corrected chi connectivity index (χ4v) is 2.22. The standard InChI is InChI=1S/C15H16N2O3/c1-10-5-8-12(20-10)9-17(11-6-7-11)15(19)13-3-2-4-14(18)16-13/h2-5,8,11H,6-7,9H2,1H3,(H,16,18). The van der Waals surface area contributed by atoms with Crippen molar-refractivity contribution in [3.63, 3.8) is 0 Å². The maximum atomic E-state index is 12.5. The first-order chi connectivity index (χ1) is 9.63. The molecule has 0 bridgehead atoms. The zero-order valence-electron chi connectivity index (χ0n) is 11.3. The summed E-state index contributed by atoms with van der Waals surface area (Å²) in [6.07, 6.45) is 2.00. The number of aryl methyl sites for hydroxylation is 1. The van der Waals surface area contributed by atoms with Crippen LogP contribution < -0.4 is 5.56 Å². The summed E-state index contributed by atoms with van der Waals surface area (Å²) in [5.74, 6) is 1.44. The second-order valence-corrected chi connectivity index (χ2v) is 5.11. The van der Waals surface area contributed by atoms with Crippen LogP contribution in [-0.2, 0) is 6.54 Å². The number of carbonyl (C=O) groups excluding carboxylic acids is 1. The van der Waals surface area contributed by atoms with Gasteiger partial charge in [0.2, 0.25) is 5.56 Å². The van der Waals surface area contributed by atoms with E-state index in [1.54, 1.807) is 17.0 Å². The van der Waals surface area contributed by atoms with Crippen molar-refractivity contribution in [2.75, 3.05) is 0 Å². The van der Waals surface area contributed by atoms with E-state index < -0.39 is 0 Å². The molecule has 1 aliphatic rings. The molecule has 0 aliphatic heterocycles. The Hall–Kier alpha value is -2.30. The molecule has 0 radical (unpaired) electrons. The summed E-state index contributed by atoms with van der Waals surface area (Å²) in [6.45, 7) is 2.32. The maximum absolute atomic E-state index is 12.5. The third-order valence-corrected chi connectivity index (χ3v) is 3.37. The topological polar surface area (TPSA) is 66.3 Å². The van der Waals surface area contributed by atoms with Crippen LogP contribution in [0.3, 0.4) is 0 Å². The number of hydrogen-bond donors (Lipinski definition) is 1. The number of aromatic nitrogens is 1. The van der Waals surface area contributed by atoms with Gasteiger partial charge in [-0.25, -0.2) is 0 Å². The Morgan fingerprint density at radius 3 is 2.75 bits per heavy atom. The number of furan rings is 1. The Morgan fingerprint density at radius 1 is 1.35 bits per heavy atom. The molecule has 1 amide bonds. The molecule has 1 N–H and O–H groups in total. The van der Waals surface area contributed by atoms with Gasteiger partial charge in [0.05, 0.1) is 6.54 Å². The molecule has 1 fully saturated rings. The molecular formula is C15H16N2O3. The quantitative estimate of drug-likeness (QED) is 0.926. The number of aromatic amines is 1. The van der Waals surface area contributed by atoms with Gasteiger partial charge in [-0.3, -0.25) is 9.59 Å². The summed E-state index contributed by atoms with van der Waals surface area (Å²) in [6, 6.07) is 8.63. The highest BCUT2D eigenvalue weighted by Gasteiger charge is 2.34. The number of H-pyrrole nitrogens is 1. The molecule has 2 aromatic heterocycles. The Labute approximate surface area is 116 Å². The van der Waals surface area contributed by atoms with Crippen LogP contribution in [0.4, 0.5) is 0 Å². The summed E-state index contributed by atoms with van der Waals surface area (Å²) in [4.78, 5) is 28.2. The van der Waals surface area contributed by atoms with Gasteiger partial charge < -0.3 is 14.3 Å². The van der Waals surface area contributed by atoms with Gasteiger partial charge in [0.15, 0.2) is 0 Å². The highest BCUT2D eigenvalue weighted by atomic mass is 16.3. The Kier molecular flexibility index (Phi) is 3.18. The van der Waals surface area contributed by atoms with E-state index in [0.717, 1.165) is 24.4 Å². The summed E-state index contributed by atoms with van der Waals surface area (Å²) < 4.78 is 5.54. The van der Waals surface area contributed by atoms with Crippen LogP contribution in [0, 0.1) is 6.92 Å². The van der Waals surface area contributed by atoms with E-state index >= 15 is 0 Å². The Balaban J connectivity index is 1.83. The molecule has 2 aromatic rings. The van der Waals surface area contributed by atoms with Crippen molar-refractivity contribution >= 4 is 5.91 Å². The van der Waals surface area contributed by atoms with Crippen LogP contribution in [0.2, 0.25) is 0 Å². The van der Waals surface area contributed by atoms with Gasteiger partial charge in [0, 0.05) is 12.1 Å². The molecule has 0 aromatic carbocycles. The van der Waals surface area contributed by atoms with Crippen LogP contribution in [0.25, 0.3) is 0 Å². The minimum Gasteiger partial charge on any atom is -0.464 e. The predicted molar refractivity (Wildman–Crippen MR) is 73.4 cm³/mol. The van der Waals surface area contributed by atoms with Gasteiger partial charge in [-0.05, 0) is 38.0 Å². The van der Waals surface area contributed by atoms with E-state index in [2.05, 4.69) is 4.98 Å². The first-order valence-electron chi connectivity index (χ1n) is 6.69. The van der Waals surface area contributed by atoms with Gasteiger partial charge in [-0.15, -0.1) is 0 Å². The lowest BCUT2D eigenvalue weighted by Gasteiger charge is -2.21. The number of rotatable bonds is 4. The van der Waals surface area contributed by atoms with Gasteiger partial charge >= 0.3 is 0 Å². The first-order valence-corrected chi connectivity index (χ1v) is 6.69. The van der Waals surface area contributed by atoms with Crippen molar-refractivity contribution in [1.29, 1.82) is 0 Å². The molecular weight excluding hydrogens is 256 g/mol.